The van der Waals surface area contributed by atoms with Gasteiger partial charge in [0, 0.05) is 30.6 Å². The Bertz CT molecular complexity index is 1010. The Kier molecular flexibility index (Phi) is 4.62. The Balaban J connectivity index is 0.00000204. The number of aromatic amines is 1. The van der Waals surface area contributed by atoms with E-state index < -0.39 is 0 Å². The van der Waals surface area contributed by atoms with Crippen molar-refractivity contribution < 1.29 is 4.79 Å². The molecule has 31 heavy (non-hydrogen) atoms. The van der Waals surface area contributed by atoms with Gasteiger partial charge in [-0.2, -0.15) is 0 Å². The smallest absolute Gasteiger partial charge is 0.246 e. The summed E-state index contributed by atoms with van der Waals surface area (Å²) in [4.78, 5) is 27.3. The lowest BCUT2D eigenvalue weighted by Crippen LogP contribution is -2.59. The number of likely N-dealkylation sites (N-methyl/N-ethyl adjacent to an activating group) is 1. The van der Waals surface area contributed by atoms with E-state index in [1.54, 1.807) is 0 Å². The van der Waals surface area contributed by atoms with Crippen LogP contribution in [-0.4, -0.2) is 38.8 Å². The number of fused-ring (bicyclic) bond motifs is 6. The van der Waals surface area contributed by atoms with Crippen LogP contribution in [0, 0.1) is 28.6 Å². The van der Waals surface area contributed by atoms with Gasteiger partial charge in [0.2, 0.25) is 5.91 Å². The summed E-state index contributed by atoms with van der Waals surface area (Å²) in [5.74, 6) is 4.00. The van der Waals surface area contributed by atoms with Crippen LogP contribution in [0.1, 0.15) is 71.5 Å². The molecule has 3 fully saturated rings. The molecule has 4 aliphatic rings. The van der Waals surface area contributed by atoms with Gasteiger partial charge < -0.3 is 9.88 Å². The third kappa shape index (κ3) is 2.71. The van der Waals surface area contributed by atoms with Crippen molar-refractivity contribution in [3.05, 3.63) is 36.3 Å². The Hall–Kier alpha value is -2.17. The largest absolute Gasteiger partial charge is 0.340 e. The standard InChI is InChI=1S/C25H32N4O.CH4/c1-24-12-10-17-15(6-9-20-25(17,2)13-11-21(30)29(20)3)16(24)7-8-18(24)22-27-19-5-4-14-26-23(19)28-22;/h4-5,11,13-18,20H,6-10,12H2,1-3H3,(H,26,27,28);1H4/t15?,16-,17?,18+,20+,24-,25+;/m0./s1. The Morgan fingerprint density at radius 2 is 1.97 bits per heavy atom. The first kappa shape index (κ1) is 20.7. The van der Waals surface area contributed by atoms with Crippen LogP contribution in [0.25, 0.3) is 11.2 Å². The van der Waals surface area contributed by atoms with E-state index in [1.165, 1.54) is 32.1 Å². The molecule has 5 heteroatoms. The topological polar surface area (TPSA) is 61.9 Å². The summed E-state index contributed by atoms with van der Waals surface area (Å²) in [5.41, 5.74) is 2.33. The maximum absolute atomic E-state index is 12.3. The number of H-pyrrole nitrogens is 1. The van der Waals surface area contributed by atoms with Gasteiger partial charge in [-0.3, -0.25) is 4.79 Å². The predicted octanol–water partition coefficient (Wildman–Crippen LogP) is 5.32. The molecule has 1 amide bonds. The number of rotatable bonds is 1. The Labute approximate surface area is 185 Å². The highest BCUT2D eigenvalue weighted by Gasteiger charge is 2.60. The molecule has 2 aromatic rings. The molecule has 6 rings (SSSR count). The number of carbonyl (C=O) groups is 1. The van der Waals surface area contributed by atoms with Crippen molar-refractivity contribution in [3.8, 4) is 0 Å². The first-order valence-electron chi connectivity index (χ1n) is 11.7. The highest BCUT2D eigenvalue weighted by atomic mass is 16.2. The molecule has 2 unspecified atom stereocenters. The highest BCUT2D eigenvalue weighted by molar-refractivity contribution is 5.89. The molecular formula is C26H36N4O. The minimum Gasteiger partial charge on any atom is -0.340 e. The molecular weight excluding hydrogens is 384 g/mol. The van der Waals surface area contributed by atoms with Crippen molar-refractivity contribution in [3.63, 3.8) is 0 Å². The molecule has 0 spiro atoms. The fourth-order valence-corrected chi connectivity index (χ4v) is 8.22. The summed E-state index contributed by atoms with van der Waals surface area (Å²) >= 11 is 0. The number of pyridine rings is 1. The maximum atomic E-state index is 12.3. The first-order chi connectivity index (χ1) is 14.4. The van der Waals surface area contributed by atoms with Crippen LogP contribution in [-0.2, 0) is 4.79 Å². The van der Waals surface area contributed by atoms with E-state index in [0.717, 1.165) is 35.2 Å². The predicted molar refractivity (Wildman–Crippen MR) is 123 cm³/mol. The van der Waals surface area contributed by atoms with Crippen LogP contribution in [0.4, 0.5) is 0 Å². The average Bonchev–Trinajstić information content (AvgIpc) is 3.31. The van der Waals surface area contributed by atoms with Gasteiger partial charge in [0.1, 0.15) is 5.82 Å². The molecule has 166 valence electrons. The van der Waals surface area contributed by atoms with E-state index in [4.69, 9.17) is 4.98 Å². The number of hydrogen-bond donors (Lipinski definition) is 1. The third-order valence-corrected chi connectivity index (χ3v) is 9.73. The Morgan fingerprint density at radius 3 is 2.77 bits per heavy atom. The van der Waals surface area contributed by atoms with Gasteiger partial charge in [0.15, 0.2) is 5.65 Å². The third-order valence-electron chi connectivity index (χ3n) is 9.73. The van der Waals surface area contributed by atoms with Crippen LogP contribution in [0.2, 0.25) is 0 Å². The maximum Gasteiger partial charge on any atom is 0.246 e. The molecule has 7 atom stereocenters. The van der Waals surface area contributed by atoms with Crippen LogP contribution < -0.4 is 0 Å². The number of imidazole rings is 1. The molecule has 0 bridgehead atoms. The second kappa shape index (κ2) is 6.91. The summed E-state index contributed by atoms with van der Waals surface area (Å²) in [6.07, 6.45) is 13.4. The van der Waals surface area contributed by atoms with E-state index in [1.807, 2.05) is 30.3 Å². The molecule has 3 aliphatic carbocycles. The van der Waals surface area contributed by atoms with Gasteiger partial charge in [0.05, 0.1) is 5.52 Å². The molecule has 3 saturated carbocycles. The van der Waals surface area contributed by atoms with Gasteiger partial charge in [-0.1, -0.05) is 27.4 Å². The zero-order chi connectivity index (χ0) is 20.7. The molecule has 3 heterocycles. The second-order valence-electron chi connectivity index (χ2n) is 10.8. The van der Waals surface area contributed by atoms with Crippen LogP contribution >= 0.6 is 0 Å². The van der Waals surface area contributed by atoms with Gasteiger partial charge in [-0.05, 0) is 79.9 Å². The fourth-order valence-electron chi connectivity index (χ4n) is 8.22. The van der Waals surface area contributed by atoms with Gasteiger partial charge in [0.25, 0.3) is 0 Å². The number of nitrogens with zero attached hydrogens (tertiary/aromatic N) is 3. The fraction of sp³-hybridized carbons (Fsp3) is 0.654. The number of aromatic nitrogens is 3. The van der Waals surface area contributed by atoms with Gasteiger partial charge >= 0.3 is 0 Å². The minimum atomic E-state index is 0. The zero-order valence-electron chi connectivity index (χ0n) is 18.3. The molecule has 0 radical (unpaired) electrons. The lowest BCUT2D eigenvalue weighted by molar-refractivity contribution is -0.138. The lowest BCUT2D eigenvalue weighted by Gasteiger charge is -2.60. The summed E-state index contributed by atoms with van der Waals surface area (Å²) in [5, 5.41) is 0. The summed E-state index contributed by atoms with van der Waals surface area (Å²) in [7, 11) is 2.00. The first-order valence-corrected chi connectivity index (χ1v) is 11.7. The SMILES string of the molecule is C.CN1C(=O)C=C[C@]2(C)C3CC[C@]4(C)[C@@H](c5nc6ncccc6[nH]5)CC[C@H]4C3CC[C@@H]12. The van der Waals surface area contributed by atoms with E-state index in [2.05, 4.69) is 36.0 Å². The van der Waals surface area contributed by atoms with E-state index in [0.29, 0.717) is 23.3 Å². The molecule has 2 aromatic heterocycles. The monoisotopic (exact) mass is 420 g/mol. The van der Waals surface area contributed by atoms with Crippen molar-refractivity contribution >= 4 is 17.1 Å². The number of hydrogen-bond acceptors (Lipinski definition) is 3. The molecule has 1 N–H and O–H groups in total. The number of amides is 1. The van der Waals surface area contributed by atoms with Crippen molar-refractivity contribution in [2.24, 2.45) is 28.6 Å². The molecule has 5 nitrogen and oxygen atoms in total. The van der Waals surface area contributed by atoms with Crippen molar-refractivity contribution in [2.45, 2.75) is 71.8 Å². The van der Waals surface area contributed by atoms with Gasteiger partial charge in [-0.15, -0.1) is 0 Å². The Morgan fingerprint density at radius 1 is 1.13 bits per heavy atom. The minimum absolute atomic E-state index is 0. The molecule has 1 aliphatic heterocycles. The van der Waals surface area contributed by atoms with Crippen LogP contribution in [0.3, 0.4) is 0 Å². The van der Waals surface area contributed by atoms with Crippen molar-refractivity contribution in [1.82, 2.24) is 19.9 Å². The van der Waals surface area contributed by atoms with E-state index in [-0.39, 0.29) is 18.7 Å². The van der Waals surface area contributed by atoms with Crippen LogP contribution in [0.15, 0.2) is 30.5 Å². The quantitative estimate of drug-likeness (QED) is 0.679. The lowest BCUT2D eigenvalue weighted by atomic mass is 9.47. The normalized spacial score (nSPS) is 41.5. The summed E-state index contributed by atoms with van der Waals surface area (Å²) < 4.78 is 0. The average molecular weight is 421 g/mol. The number of nitrogens with one attached hydrogen (secondary N) is 1. The van der Waals surface area contributed by atoms with E-state index in [9.17, 15) is 4.79 Å². The number of carbonyl (C=O) groups excluding carboxylic acids is 1. The van der Waals surface area contributed by atoms with Crippen molar-refractivity contribution in [2.75, 3.05) is 7.05 Å². The van der Waals surface area contributed by atoms with E-state index >= 15 is 0 Å². The van der Waals surface area contributed by atoms with Crippen LogP contribution in [0.5, 0.6) is 0 Å². The molecule has 0 aromatic carbocycles. The second-order valence-corrected chi connectivity index (χ2v) is 10.8. The zero-order valence-corrected chi connectivity index (χ0v) is 18.3. The highest BCUT2D eigenvalue weighted by Crippen LogP contribution is 2.67. The molecule has 0 saturated heterocycles. The van der Waals surface area contributed by atoms with Crippen molar-refractivity contribution in [1.29, 1.82) is 0 Å². The summed E-state index contributed by atoms with van der Waals surface area (Å²) in [6.45, 7) is 4.96. The summed E-state index contributed by atoms with van der Waals surface area (Å²) in [6, 6.07) is 4.42. The van der Waals surface area contributed by atoms with Gasteiger partial charge in [-0.25, -0.2) is 9.97 Å².